The van der Waals surface area contributed by atoms with Crippen LogP contribution >= 0.6 is 0 Å². The van der Waals surface area contributed by atoms with Gasteiger partial charge in [-0.3, -0.25) is 0 Å². The van der Waals surface area contributed by atoms with Gasteiger partial charge >= 0.3 is 0 Å². The Morgan fingerprint density at radius 1 is 1.25 bits per heavy atom. The maximum absolute atomic E-state index is 10.5. The normalized spacial score (nSPS) is 24.5. The van der Waals surface area contributed by atoms with Crippen LogP contribution in [0.25, 0.3) is 5.69 Å². The number of aliphatic hydroxyl groups is 1. The van der Waals surface area contributed by atoms with E-state index in [9.17, 15) is 5.11 Å². The number of rotatable bonds is 3. The second kappa shape index (κ2) is 5.75. The van der Waals surface area contributed by atoms with Crippen molar-refractivity contribution in [1.82, 2.24) is 15.0 Å². The molecule has 1 N–H and O–H groups in total. The first kappa shape index (κ1) is 13.3. The first-order chi connectivity index (χ1) is 9.74. The van der Waals surface area contributed by atoms with Crippen molar-refractivity contribution in [3.05, 3.63) is 42.2 Å². The molecule has 1 aliphatic rings. The van der Waals surface area contributed by atoms with E-state index in [1.54, 1.807) is 11.0 Å². The van der Waals surface area contributed by atoms with Gasteiger partial charge in [-0.25, -0.2) is 0 Å². The predicted molar refractivity (Wildman–Crippen MR) is 77.4 cm³/mol. The molecule has 0 aliphatic heterocycles. The minimum absolute atomic E-state index is 0.319. The number of aromatic nitrogens is 3. The van der Waals surface area contributed by atoms with Crippen LogP contribution in [0.1, 0.15) is 44.4 Å². The van der Waals surface area contributed by atoms with Crippen LogP contribution in [-0.2, 0) is 0 Å². The number of para-hydroxylation sites is 1. The van der Waals surface area contributed by atoms with Crippen molar-refractivity contribution in [2.24, 2.45) is 11.8 Å². The van der Waals surface area contributed by atoms with Crippen LogP contribution < -0.4 is 0 Å². The summed E-state index contributed by atoms with van der Waals surface area (Å²) in [5.41, 5.74) is 1.61. The summed E-state index contributed by atoms with van der Waals surface area (Å²) in [5.74, 6) is 1.02. The molecule has 1 aliphatic carbocycles. The van der Waals surface area contributed by atoms with Crippen LogP contribution in [0.15, 0.2) is 36.5 Å². The van der Waals surface area contributed by atoms with Gasteiger partial charge in [-0.15, -0.1) is 0 Å². The fraction of sp³-hybridized carbons (Fsp3) is 0.500. The fourth-order valence-corrected chi connectivity index (χ4v) is 3.11. The zero-order chi connectivity index (χ0) is 13.9. The average molecular weight is 271 g/mol. The quantitative estimate of drug-likeness (QED) is 0.933. The van der Waals surface area contributed by atoms with Crippen LogP contribution in [0.2, 0.25) is 0 Å². The van der Waals surface area contributed by atoms with Gasteiger partial charge in [0.15, 0.2) is 0 Å². The number of benzene rings is 1. The summed E-state index contributed by atoms with van der Waals surface area (Å²) in [7, 11) is 0. The number of hydrogen-bond donors (Lipinski definition) is 1. The van der Waals surface area contributed by atoms with Crippen LogP contribution in [0.5, 0.6) is 0 Å². The molecule has 4 heteroatoms. The summed E-state index contributed by atoms with van der Waals surface area (Å²) in [5, 5.41) is 19.2. The van der Waals surface area contributed by atoms with Crippen LogP contribution in [-0.4, -0.2) is 20.1 Å². The molecule has 3 unspecified atom stereocenters. The molecular weight excluding hydrogens is 250 g/mol. The van der Waals surface area contributed by atoms with Gasteiger partial charge in [0.1, 0.15) is 11.8 Å². The Labute approximate surface area is 119 Å². The van der Waals surface area contributed by atoms with Gasteiger partial charge in [-0.2, -0.15) is 15.0 Å². The summed E-state index contributed by atoms with van der Waals surface area (Å²) in [6, 6.07) is 9.79. The van der Waals surface area contributed by atoms with E-state index in [4.69, 9.17) is 0 Å². The van der Waals surface area contributed by atoms with Gasteiger partial charge < -0.3 is 5.11 Å². The highest BCUT2D eigenvalue weighted by molar-refractivity contribution is 5.28. The van der Waals surface area contributed by atoms with E-state index >= 15 is 0 Å². The molecule has 1 aromatic carbocycles. The second-order valence-electron chi connectivity index (χ2n) is 5.87. The van der Waals surface area contributed by atoms with Crippen molar-refractivity contribution in [2.75, 3.05) is 0 Å². The zero-order valence-electron chi connectivity index (χ0n) is 11.8. The lowest BCUT2D eigenvalue weighted by atomic mass is 9.79. The molecule has 4 nitrogen and oxygen atoms in total. The minimum Gasteiger partial charge on any atom is -0.386 e. The lowest BCUT2D eigenvalue weighted by molar-refractivity contribution is 0.0677. The molecule has 20 heavy (non-hydrogen) atoms. The minimum atomic E-state index is -0.491. The van der Waals surface area contributed by atoms with E-state index in [2.05, 4.69) is 17.1 Å². The summed E-state index contributed by atoms with van der Waals surface area (Å²) in [4.78, 5) is 1.59. The van der Waals surface area contributed by atoms with Gasteiger partial charge in [0.25, 0.3) is 0 Å². The predicted octanol–water partition coefficient (Wildman–Crippen LogP) is 3.13. The van der Waals surface area contributed by atoms with E-state index in [1.807, 2.05) is 30.3 Å². The topological polar surface area (TPSA) is 50.9 Å². The van der Waals surface area contributed by atoms with Gasteiger partial charge in [0.2, 0.25) is 0 Å². The molecule has 3 rings (SSSR count). The average Bonchev–Trinajstić information content (AvgIpc) is 2.97. The summed E-state index contributed by atoms with van der Waals surface area (Å²) in [6.45, 7) is 2.26. The third-order valence-electron chi connectivity index (χ3n) is 4.22. The third-order valence-corrected chi connectivity index (χ3v) is 4.22. The maximum Gasteiger partial charge on any atom is 0.112 e. The highest BCUT2D eigenvalue weighted by Crippen LogP contribution is 2.36. The van der Waals surface area contributed by atoms with Crippen molar-refractivity contribution in [2.45, 2.75) is 38.7 Å². The molecule has 0 saturated heterocycles. The molecule has 1 fully saturated rings. The highest BCUT2D eigenvalue weighted by atomic mass is 16.3. The van der Waals surface area contributed by atoms with Crippen molar-refractivity contribution in [1.29, 1.82) is 0 Å². The largest absolute Gasteiger partial charge is 0.386 e. The lowest BCUT2D eigenvalue weighted by Gasteiger charge is -2.29. The van der Waals surface area contributed by atoms with Gasteiger partial charge in [-0.1, -0.05) is 38.0 Å². The monoisotopic (exact) mass is 271 g/mol. The van der Waals surface area contributed by atoms with Crippen molar-refractivity contribution < 1.29 is 5.11 Å². The van der Waals surface area contributed by atoms with E-state index in [1.165, 1.54) is 12.8 Å². The van der Waals surface area contributed by atoms with E-state index in [0.717, 1.165) is 18.5 Å². The summed E-state index contributed by atoms with van der Waals surface area (Å²) in [6.07, 6.45) is 5.85. The lowest BCUT2D eigenvalue weighted by Crippen LogP contribution is -2.20. The first-order valence-electron chi connectivity index (χ1n) is 7.40. The van der Waals surface area contributed by atoms with E-state index in [0.29, 0.717) is 17.5 Å². The molecule has 1 saturated carbocycles. The molecule has 1 heterocycles. The molecule has 2 aromatic rings. The first-order valence-corrected chi connectivity index (χ1v) is 7.40. The number of aliphatic hydroxyl groups excluding tert-OH is 1. The van der Waals surface area contributed by atoms with Crippen molar-refractivity contribution >= 4 is 0 Å². The Morgan fingerprint density at radius 2 is 2.05 bits per heavy atom. The molecule has 106 valence electrons. The Hall–Kier alpha value is -1.68. The molecule has 0 spiro atoms. The van der Waals surface area contributed by atoms with E-state index in [-0.39, 0.29) is 0 Å². The Morgan fingerprint density at radius 3 is 2.80 bits per heavy atom. The van der Waals surface area contributed by atoms with Gasteiger partial charge in [-0.05, 0) is 36.8 Å². The smallest absolute Gasteiger partial charge is 0.112 e. The second-order valence-corrected chi connectivity index (χ2v) is 5.87. The van der Waals surface area contributed by atoms with E-state index < -0.39 is 6.10 Å². The van der Waals surface area contributed by atoms with Crippen LogP contribution in [0.3, 0.4) is 0 Å². The third kappa shape index (κ3) is 2.75. The molecule has 1 aromatic heterocycles. The highest BCUT2D eigenvalue weighted by Gasteiger charge is 2.28. The Bertz CT molecular complexity index is 552. The summed E-state index contributed by atoms with van der Waals surface area (Å²) >= 11 is 0. The fourth-order valence-electron chi connectivity index (χ4n) is 3.11. The molecule has 0 radical (unpaired) electrons. The van der Waals surface area contributed by atoms with Crippen molar-refractivity contribution in [3.8, 4) is 5.69 Å². The SMILES string of the molecule is CC1CCCC(C(O)c2cnn(-c3ccccc3)n2)C1. The maximum atomic E-state index is 10.5. The van der Waals surface area contributed by atoms with Crippen molar-refractivity contribution in [3.63, 3.8) is 0 Å². The zero-order valence-corrected chi connectivity index (χ0v) is 11.8. The van der Waals surface area contributed by atoms with Crippen LogP contribution in [0.4, 0.5) is 0 Å². The van der Waals surface area contributed by atoms with Gasteiger partial charge in [0, 0.05) is 0 Å². The standard InChI is InChI=1S/C16H21N3O/c1-12-6-5-7-13(10-12)16(20)15-11-17-19(18-15)14-8-3-2-4-9-14/h2-4,8-9,11-13,16,20H,5-7,10H2,1H3. The van der Waals surface area contributed by atoms with Gasteiger partial charge in [0.05, 0.1) is 11.9 Å². The summed E-state index contributed by atoms with van der Waals surface area (Å²) < 4.78 is 0. The molecular formula is C16H21N3O. The number of hydrogen-bond acceptors (Lipinski definition) is 3. The van der Waals surface area contributed by atoms with Crippen LogP contribution in [0, 0.1) is 11.8 Å². The Kier molecular flexibility index (Phi) is 3.83. The molecule has 3 atom stereocenters. The molecule has 0 amide bonds. The molecule has 0 bridgehead atoms. The number of nitrogens with zero attached hydrogens (tertiary/aromatic N) is 3. The Balaban J connectivity index is 1.76.